The molecule has 2 fully saturated rings. The third-order valence-electron chi connectivity index (χ3n) is 5.80. The van der Waals surface area contributed by atoms with Gasteiger partial charge in [0.2, 0.25) is 0 Å². The first-order valence-electron chi connectivity index (χ1n) is 10.7. The fourth-order valence-electron chi connectivity index (χ4n) is 4.19. The maximum Gasteiger partial charge on any atom is 0.321 e. The minimum atomic E-state index is -0.399. The molecule has 2 unspecified atom stereocenters. The van der Waals surface area contributed by atoms with E-state index in [0.717, 1.165) is 21.8 Å². The molecule has 2 heterocycles. The molecule has 2 aliphatic rings. The lowest BCUT2D eigenvalue weighted by Crippen LogP contribution is -2.35. The Balaban J connectivity index is 1.58. The van der Waals surface area contributed by atoms with Crippen molar-refractivity contribution < 1.29 is 19.1 Å². The molecule has 2 amide bonds. The molecule has 2 aromatic carbocycles. The van der Waals surface area contributed by atoms with E-state index in [1.165, 1.54) is 7.11 Å². The maximum atomic E-state index is 13.5. The number of allylic oxidation sites excluding steroid dienone is 1. The number of carbonyl (C=O) groups excluding carboxylic acids is 3. The summed E-state index contributed by atoms with van der Waals surface area (Å²) in [5, 5.41) is 0. The zero-order valence-electron chi connectivity index (χ0n) is 18.0. The highest BCUT2D eigenvalue weighted by molar-refractivity contribution is 8.03. The van der Waals surface area contributed by atoms with Gasteiger partial charge in [0, 0.05) is 30.2 Å². The fraction of sp³-hybridized carbons (Fsp3) is 0.320. The predicted octanol–water partition coefficient (Wildman–Crippen LogP) is 4.01. The van der Waals surface area contributed by atoms with Crippen molar-refractivity contribution in [2.24, 2.45) is 0 Å². The summed E-state index contributed by atoms with van der Waals surface area (Å²) >= 11 is 1.62. The lowest BCUT2D eigenvalue weighted by atomic mass is 10.1. The van der Waals surface area contributed by atoms with Crippen LogP contribution in [0.5, 0.6) is 0 Å². The highest BCUT2D eigenvalue weighted by Crippen LogP contribution is 2.43. The van der Waals surface area contributed by atoms with Gasteiger partial charge in [0.1, 0.15) is 0 Å². The maximum absolute atomic E-state index is 13.5. The molecule has 2 aromatic rings. The van der Waals surface area contributed by atoms with Gasteiger partial charge in [-0.2, -0.15) is 0 Å². The Kier molecular flexibility index (Phi) is 6.95. The second-order valence-corrected chi connectivity index (χ2v) is 9.02. The van der Waals surface area contributed by atoms with E-state index in [4.69, 9.17) is 0 Å². The van der Waals surface area contributed by atoms with Crippen LogP contribution < -0.4 is 0 Å². The van der Waals surface area contributed by atoms with Crippen LogP contribution in [0.4, 0.5) is 4.79 Å². The summed E-state index contributed by atoms with van der Waals surface area (Å²) in [5.74, 6) is 0.224. The van der Waals surface area contributed by atoms with E-state index in [1.807, 2.05) is 70.5 Å². The van der Waals surface area contributed by atoms with Crippen LogP contribution in [0.1, 0.15) is 24.0 Å². The number of methoxy groups -OCH3 is 1. The third-order valence-corrected chi connectivity index (χ3v) is 7.00. The van der Waals surface area contributed by atoms with Crippen molar-refractivity contribution in [3.05, 3.63) is 82.8 Å². The number of fused-ring (bicyclic) bond motifs is 1. The minimum absolute atomic E-state index is 0.00363. The summed E-state index contributed by atoms with van der Waals surface area (Å²) < 4.78 is 4.63. The summed E-state index contributed by atoms with van der Waals surface area (Å²) in [6.45, 7) is 1.02. The smallest absolute Gasteiger partial charge is 0.321 e. The molecule has 0 radical (unpaired) electrons. The van der Waals surface area contributed by atoms with E-state index in [0.29, 0.717) is 13.1 Å². The van der Waals surface area contributed by atoms with Gasteiger partial charge in [-0.25, -0.2) is 4.79 Å². The Labute approximate surface area is 192 Å². The van der Waals surface area contributed by atoms with Crippen LogP contribution >= 0.6 is 11.8 Å². The monoisotopic (exact) mass is 450 g/mol. The molecule has 0 aliphatic carbocycles. The number of hydrogen-bond acceptors (Lipinski definition) is 5. The number of hydrogen-bond donors (Lipinski definition) is 0. The van der Waals surface area contributed by atoms with Gasteiger partial charge < -0.3 is 14.5 Å². The number of rotatable bonds is 8. The molecule has 166 valence electrons. The van der Waals surface area contributed by atoms with E-state index in [-0.39, 0.29) is 36.7 Å². The first kappa shape index (κ1) is 22.1. The van der Waals surface area contributed by atoms with Gasteiger partial charge in [0.05, 0.1) is 25.6 Å². The topological polar surface area (TPSA) is 66.9 Å². The molecule has 2 atom stereocenters. The van der Waals surface area contributed by atoms with Gasteiger partial charge >= 0.3 is 12.0 Å². The highest BCUT2D eigenvalue weighted by Gasteiger charge is 2.50. The standard InChI is InChI=1S/C25H26N2O4S/c1-31-23(29)13-12-20(28)14-22-24-21(17-32-22)26(15-18-8-4-2-5-9-18)25(30)27(24)16-19-10-6-3-7-11-19/h2-11,14,21,24H,12-13,15-17H2,1H3. The first-order valence-corrected chi connectivity index (χ1v) is 11.6. The molecule has 0 aromatic heterocycles. The number of nitrogens with zero attached hydrogens (tertiary/aromatic N) is 2. The largest absolute Gasteiger partial charge is 0.469 e. The van der Waals surface area contributed by atoms with Crippen LogP contribution in [0.3, 0.4) is 0 Å². The van der Waals surface area contributed by atoms with Gasteiger partial charge in [-0.1, -0.05) is 60.7 Å². The van der Waals surface area contributed by atoms with Crippen LogP contribution in [0.25, 0.3) is 0 Å². The normalized spacial score (nSPS) is 21.2. The van der Waals surface area contributed by atoms with E-state index in [1.54, 1.807) is 17.8 Å². The average molecular weight is 451 g/mol. The zero-order chi connectivity index (χ0) is 22.5. The minimum Gasteiger partial charge on any atom is -0.469 e. The Morgan fingerprint density at radius 2 is 1.56 bits per heavy atom. The number of benzene rings is 2. The van der Waals surface area contributed by atoms with Crippen molar-refractivity contribution in [1.29, 1.82) is 0 Å². The molecular weight excluding hydrogens is 424 g/mol. The van der Waals surface area contributed by atoms with Gasteiger partial charge in [-0.3, -0.25) is 9.59 Å². The van der Waals surface area contributed by atoms with Gasteiger partial charge in [0.15, 0.2) is 5.78 Å². The molecule has 0 N–H and O–H groups in total. The lowest BCUT2D eigenvalue weighted by Gasteiger charge is -2.23. The number of ether oxygens (including phenoxy) is 1. The molecule has 0 spiro atoms. The van der Waals surface area contributed by atoms with Crippen LogP contribution in [0, 0.1) is 0 Å². The molecule has 0 saturated carbocycles. The van der Waals surface area contributed by atoms with Crippen LogP contribution in [-0.2, 0) is 27.4 Å². The quantitative estimate of drug-likeness (QED) is 0.345. The summed E-state index contributed by atoms with van der Waals surface area (Å²) in [5.41, 5.74) is 2.13. The number of amides is 2. The SMILES string of the molecule is COC(=O)CCC(=O)C=C1SCC2C1N(Cc1ccccc1)C(=O)N2Cc1ccccc1. The highest BCUT2D eigenvalue weighted by atomic mass is 32.2. The molecule has 4 rings (SSSR count). The molecule has 6 nitrogen and oxygen atoms in total. The summed E-state index contributed by atoms with van der Waals surface area (Å²) in [7, 11) is 1.32. The van der Waals surface area contributed by atoms with Crippen molar-refractivity contribution in [2.75, 3.05) is 12.9 Å². The number of carbonyl (C=O) groups is 3. The summed E-state index contributed by atoms with van der Waals surface area (Å²) in [6.07, 6.45) is 1.79. The van der Waals surface area contributed by atoms with Crippen molar-refractivity contribution in [3.63, 3.8) is 0 Å². The molecule has 2 saturated heterocycles. The van der Waals surface area contributed by atoms with Crippen molar-refractivity contribution in [3.8, 4) is 0 Å². The number of urea groups is 1. The number of ketones is 1. The number of thioether (sulfide) groups is 1. The van der Waals surface area contributed by atoms with Crippen LogP contribution in [0.15, 0.2) is 71.6 Å². The van der Waals surface area contributed by atoms with Gasteiger partial charge in [0.25, 0.3) is 0 Å². The zero-order valence-corrected chi connectivity index (χ0v) is 18.8. The molecule has 7 heteroatoms. The van der Waals surface area contributed by atoms with Crippen LogP contribution in [0.2, 0.25) is 0 Å². The third kappa shape index (κ3) is 4.88. The van der Waals surface area contributed by atoms with E-state index in [2.05, 4.69) is 4.74 Å². The first-order chi connectivity index (χ1) is 15.6. The lowest BCUT2D eigenvalue weighted by molar-refractivity contribution is -0.141. The van der Waals surface area contributed by atoms with Gasteiger partial charge in [-0.05, 0) is 17.2 Å². The van der Waals surface area contributed by atoms with E-state index < -0.39 is 5.97 Å². The Morgan fingerprint density at radius 1 is 0.969 bits per heavy atom. The average Bonchev–Trinajstić information content (AvgIpc) is 3.33. The van der Waals surface area contributed by atoms with Crippen LogP contribution in [-0.4, -0.2) is 52.5 Å². The van der Waals surface area contributed by atoms with Crippen molar-refractivity contribution in [1.82, 2.24) is 9.80 Å². The summed E-state index contributed by atoms with van der Waals surface area (Å²) in [4.78, 5) is 42.1. The Bertz CT molecular complexity index is 1010. The van der Waals surface area contributed by atoms with E-state index in [9.17, 15) is 14.4 Å². The number of esters is 1. The molecule has 32 heavy (non-hydrogen) atoms. The Hall–Kier alpha value is -3.06. The van der Waals surface area contributed by atoms with E-state index >= 15 is 0 Å². The van der Waals surface area contributed by atoms with Gasteiger partial charge in [-0.15, -0.1) is 11.8 Å². The molecule has 2 aliphatic heterocycles. The van der Waals surface area contributed by atoms with Crippen molar-refractivity contribution >= 4 is 29.5 Å². The molecular formula is C25H26N2O4S. The molecule has 0 bridgehead atoms. The summed E-state index contributed by atoms with van der Waals surface area (Å²) in [6, 6.07) is 19.7. The van der Waals surface area contributed by atoms with Crippen molar-refractivity contribution in [2.45, 2.75) is 38.0 Å². The Morgan fingerprint density at radius 3 is 2.16 bits per heavy atom. The second kappa shape index (κ2) is 10.0. The fourth-order valence-corrected chi connectivity index (χ4v) is 5.59. The predicted molar refractivity (Wildman–Crippen MR) is 124 cm³/mol. The second-order valence-electron chi connectivity index (χ2n) is 7.92.